The molecule has 0 spiro atoms. The van der Waals surface area contributed by atoms with Gasteiger partial charge in [-0.05, 0) is 26.0 Å². The summed E-state index contributed by atoms with van der Waals surface area (Å²) < 4.78 is 0. The van der Waals surface area contributed by atoms with Crippen molar-refractivity contribution in [1.82, 2.24) is 15.2 Å². The molecule has 1 N–H and O–H groups in total. The van der Waals surface area contributed by atoms with Crippen LogP contribution in [0.5, 0.6) is 0 Å². The molecule has 0 bridgehead atoms. The molecule has 0 aliphatic carbocycles. The molecule has 1 heterocycles. The monoisotopic (exact) mass is 307 g/mol. The van der Waals surface area contributed by atoms with E-state index >= 15 is 0 Å². The number of nitrogens with zero attached hydrogens (tertiary/aromatic N) is 4. The van der Waals surface area contributed by atoms with Crippen LogP contribution in [0.1, 0.15) is 21.7 Å². The third kappa shape index (κ3) is 3.11. The lowest BCUT2D eigenvalue weighted by Crippen LogP contribution is -2.17. The van der Waals surface area contributed by atoms with Crippen molar-refractivity contribution in [1.29, 1.82) is 0 Å². The molecule has 0 aliphatic heterocycles. The highest BCUT2D eigenvalue weighted by Crippen LogP contribution is 2.28. The normalized spacial score (nSPS) is 10.2. The SMILES string of the molecule is Cc1nnc(NC(=O)c2cccc(Cl)c2[N+](=O)[O-])nc1C. The molecule has 2 rings (SSSR count). The number of rotatable bonds is 3. The Labute approximate surface area is 124 Å². The first-order valence-electron chi connectivity index (χ1n) is 5.82. The minimum absolute atomic E-state index is 0.0302. The van der Waals surface area contributed by atoms with Gasteiger partial charge in [0.2, 0.25) is 5.95 Å². The Balaban J connectivity index is 2.35. The van der Waals surface area contributed by atoms with E-state index in [2.05, 4.69) is 20.5 Å². The molecule has 0 saturated carbocycles. The number of carbonyl (C=O) groups is 1. The topological polar surface area (TPSA) is 111 Å². The molecule has 0 aliphatic rings. The van der Waals surface area contributed by atoms with Gasteiger partial charge in [-0.25, -0.2) is 4.98 Å². The maximum atomic E-state index is 12.1. The van der Waals surface area contributed by atoms with Gasteiger partial charge >= 0.3 is 5.69 Å². The Hall–Kier alpha value is -2.61. The Morgan fingerprint density at radius 2 is 2.00 bits per heavy atom. The maximum Gasteiger partial charge on any atom is 0.300 e. The molecule has 1 aromatic heterocycles. The molecule has 0 atom stereocenters. The number of halogens is 1. The number of para-hydroxylation sites is 1. The average Bonchev–Trinajstić information content (AvgIpc) is 2.42. The highest BCUT2D eigenvalue weighted by atomic mass is 35.5. The second kappa shape index (κ2) is 5.80. The Bertz CT molecular complexity index is 735. The van der Waals surface area contributed by atoms with Crippen LogP contribution >= 0.6 is 11.6 Å². The molecule has 21 heavy (non-hydrogen) atoms. The summed E-state index contributed by atoms with van der Waals surface area (Å²) in [6.45, 7) is 3.43. The molecule has 2 aromatic rings. The third-order valence-electron chi connectivity index (χ3n) is 2.73. The van der Waals surface area contributed by atoms with E-state index in [0.717, 1.165) is 0 Å². The molecule has 108 valence electrons. The fourth-order valence-corrected chi connectivity index (χ4v) is 1.81. The van der Waals surface area contributed by atoms with Gasteiger partial charge in [0.05, 0.1) is 16.3 Å². The largest absolute Gasteiger partial charge is 0.300 e. The van der Waals surface area contributed by atoms with Crippen molar-refractivity contribution in [3.63, 3.8) is 0 Å². The first-order valence-corrected chi connectivity index (χ1v) is 6.20. The van der Waals surface area contributed by atoms with Gasteiger partial charge in [-0.2, -0.15) is 5.10 Å². The number of hydrogen-bond acceptors (Lipinski definition) is 6. The lowest BCUT2D eigenvalue weighted by Gasteiger charge is -2.06. The van der Waals surface area contributed by atoms with Crippen molar-refractivity contribution >= 4 is 29.1 Å². The van der Waals surface area contributed by atoms with Gasteiger partial charge in [0, 0.05) is 0 Å². The second-order valence-corrected chi connectivity index (χ2v) is 4.56. The van der Waals surface area contributed by atoms with E-state index in [-0.39, 0.29) is 16.5 Å². The Morgan fingerprint density at radius 1 is 1.29 bits per heavy atom. The van der Waals surface area contributed by atoms with Gasteiger partial charge in [-0.3, -0.25) is 20.2 Å². The van der Waals surface area contributed by atoms with Gasteiger partial charge in [0.1, 0.15) is 10.6 Å². The molecule has 0 saturated heterocycles. The predicted octanol–water partition coefficient (Wildman–Crippen LogP) is 2.30. The number of nitrogens with one attached hydrogen (secondary N) is 1. The first kappa shape index (κ1) is 14.8. The highest BCUT2D eigenvalue weighted by molar-refractivity contribution is 6.33. The average molecular weight is 308 g/mol. The number of anilines is 1. The van der Waals surface area contributed by atoms with E-state index in [9.17, 15) is 14.9 Å². The smallest absolute Gasteiger partial charge is 0.289 e. The van der Waals surface area contributed by atoms with E-state index in [1.807, 2.05) is 0 Å². The molecular formula is C12H10ClN5O3. The van der Waals surface area contributed by atoms with Crippen LogP contribution in [-0.2, 0) is 0 Å². The minimum Gasteiger partial charge on any atom is -0.289 e. The van der Waals surface area contributed by atoms with Crippen LogP contribution in [0.25, 0.3) is 0 Å². The second-order valence-electron chi connectivity index (χ2n) is 4.15. The van der Waals surface area contributed by atoms with Gasteiger partial charge in [0.25, 0.3) is 5.91 Å². The molecule has 0 unspecified atom stereocenters. The molecule has 0 radical (unpaired) electrons. The van der Waals surface area contributed by atoms with Crippen molar-refractivity contribution in [2.24, 2.45) is 0 Å². The first-order chi connectivity index (χ1) is 9.90. The summed E-state index contributed by atoms with van der Waals surface area (Å²) in [7, 11) is 0. The lowest BCUT2D eigenvalue weighted by atomic mass is 10.1. The molecule has 9 heteroatoms. The Kier molecular flexibility index (Phi) is 4.08. The van der Waals surface area contributed by atoms with Gasteiger partial charge in [-0.1, -0.05) is 17.7 Å². The summed E-state index contributed by atoms with van der Waals surface area (Å²) in [5, 5.41) is 20.8. The zero-order valence-corrected chi connectivity index (χ0v) is 11.9. The summed E-state index contributed by atoms with van der Waals surface area (Å²) in [5.41, 5.74) is 0.588. The zero-order valence-electron chi connectivity index (χ0n) is 11.1. The van der Waals surface area contributed by atoms with Crippen LogP contribution in [-0.4, -0.2) is 26.0 Å². The summed E-state index contributed by atoms with van der Waals surface area (Å²) in [5.74, 6) is -0.758. The molecule has 8 nitrogen and oxygen atoms in total. The van der Waals surface area contributed by atoms with Crippen molar-refractivity contribution in [3.05, 3.63) is 50.3 Å². The lowest BCUT2D eigenvalue weighted by molar-refractivity contribution is -0.385. The number of benzene rings is 1. The molecule has 0 fully saturated rings. The molecule has 1 amide bonds. The van der Waals surface area contributed by atoms with E-state index in [0.29, 0.717) is 11.4 Å². The van der Waals surface area contributed by atoms with Crippen molar-refractivity contribution in [3.8, 4) is 0 Å². The van der Waals surface area contributed by atoms with Gasteiger partial charge < -0.3 is 0 Å². The van der Waals surface area contributed by atoms with Crippen LogP contribution in [0, 0.1) is 24.0 Å². The van der Waals surface area contributed by atoms with Crippen molar-refractivity contribution < 1.29 is 9.72 Å². The van der Waals surface area contributed by atoms with Crippen LogP contribution in [0.15, 0.2) is 18.2 Å². The van der Waals surface area contributed by atoms with Gasteiger partial charge in [0.15, 0.2) is 0 Å². The molecule has 1 aromatic carbocycles. The van der Waals surface area contributed by atoms with Gasteiger partial charge in [-0.15, -0.1) is 5.10 Å². The number of hydrogen-bond donors (Lipinski definition) is 1. The fraction of sp³-hybridized carbons (Fsp3) is 0.167. The number of aromatic nitrogens is 3. The van der Waals surface area contributed by atoms with E-state index in [4.69, 9.17) is 11.6 Å². The van der Waals surface area contributed by atoms with E-state index in [1.165, 1.54) is 18.2 Å². The van der Waals surface area contributed by atoms with Crippen molar-refractivity contribution in [2.45, 2.75) is 13.8 Å². The zero-order chi connectivity index (χ0) is 15.6. The van der Waals surface area contributed by atoms with Crippen LogP contribution < -0.4 is 5.32 Å². The maximum absolute atomic E-state index is 12.1. The van der Waals surface area contributed by atoms with E-state index in [1.54, 1.807) is 13.8 Å². The number of nitro benzene ring substituents is 1. The van der Waals surface area contributed by atoms with E-state index < -0.39 is 16.5 Å². The highest BCUT2D eigenvalue weighted by Gasteiger charge is 2.24. The van der Waals surface area contributed by atoms with Crippen LogP contribution in [0.3, 0.4) is 0 Å². The van der Waals surface area contributed by atoms with Crippen molar-refractivity contribution in [2.75, 3.05) is 5.32 Å². The summed E-state index contributed by atoms with van der Waals surface area (Å²) in [4.78, 5) is 26.4. The van der Waals surface area contributed by atoms with Crippen LogP contribution in [0.4, 0.5) is 11.6 Å². The van der Waals surface area contributed by atoms with Crippen LogP contribution in [0.2, 0.25) is 5.02 Å². The summed E-state index contributed by atoms with van der Waals surface area (Å²) in [6.07, 6.45) is 0. The fourth-order valence-electron chi connectivity index (χ4n) is 1.56. The summed E-state index contributed by atoms with van der Waals surface area (Å²) >= 11 is 5.75. The number of amides is 1. The quantitative estimate of drug-likeness (QED) is 0.688. The standard InChI is InChI=1S/C12H10ClN5O3/c1-6-7(2)16-17-12(14-6)15-11(19)8-4-3-5-9(13)10(8)18(20)21/h3-5H,1-2H3,(H,14,15,17,19). The number of aryl methyl sites for hydroxylation is 2. The Morgan fingerprint density at radius 3 is 2.62 bits per heavy atom. The minimum atomic E-state index is -0.728. The number of nitro groups is 1. The predicted molar refractivity (Wildman–Crippen MR) is 75.4 cm³/mol. The number of carbonyl (C=O) groups excluding carboxylic acids is 1. The molecular weight excluding hydrogens is 298 g/mol. The third-order valence-corrected chi connectivity index (χ3v) is 3.04. The summed E-state index contributed by atoms with van der Waals surface area (Å²) in [6, 6.07) is 4.09.